The number of amides is 1. The number of rotatable bonds is 1. The third kappa shape index (κ3) is 2.31. The highest BCUT2D eigenvalue weighted by molar-refractivity contribution is 7.85. The zero-order chi connectivity index (χ0) is 15.9. The highest BCUT2D eigenvalue weighted by Crippen LogP contribution is 2.30. The minimum absolute atomic E-state index is 0.112. The van der Waals surface area contributed by atoms with Crippen LogP contribution in [0.1, 0.15) is 10.4 Å². The summed E-state index contributed by atoms with van der Waals surface area (Å²) in [5.41, 5.74) is -0.164. The van der Waals surface area contributed by atoms with E-state index in [2.05, 4.69) is 0 Å². The maximum Gasteiger partial charge on any atom is 0.261 e. The van der Waals surface area contributed by atoms with Gasteiger partial charge in [0.2, 0.25) is 0 Å². The van der Waals surface area contributed by atoms with Gasteiger partial charge in [0, 0.05) is 12.3 Å². The van der Waals surface area contributed by atoms with Gasteiger partial charge in [-0.05, 0) is 24.3 Å². The van der Waals surface area contributed by atoms with Crippen LogP contribution < -0.4 is 4.90 Å². The van der Waals surface area contributed by atoms with Crippen molar-refractivity contribution in [3.05, 3.63) is 59.4 Å². The number of nitrogens with zero attached hydrogens (tertiary/aromatic N) is 1. The highest BCUT2D eigenvalue weighted by atomic mass is 32.2. The predicted molar refractivity (Wildman–Crippen MR) is 75.7 cm³/mol. The number of para-hydroxylation sites is 1. The molecule has 0 saturated heterocycles. The maximum atomic E-state index is 13.8. The third-order valence-corrected chi connectivity index (χ3v) is 4.80. The van der Waals surface area contributed by atoms with E-state index in [9.17, 15) is 22.2 Å². The van der Waals surface area contributed by atoms with E-state index in [-0.39, 0.29) is 12.3 Å². The molecule has 1 atom stereocenters. The Morgan fingerprint density at radius 2 is 1.77 bits per heavy atom. The summed E-state index contributed by atoms with van der Waals surface area (Å²) in [6.07, 6.45) is 0. The van der Waals surface area contributed by atoms with Gasteiger partial charge in [0.25, 0.3) is 5.91 Å². The number of carbonyl (C=O) groups excluding carboxylic acids is 1. The van der Waals surface area contributed by atoms with Crippen molar-refractivity contribution in [3.63, 3.8) is 0 Å². The summed E-state index contributed by atoms with van der Waals surface area (Å²) in [7, 11) is -1.24. The molecule has 1 unspecified atom stereocenters. The molecule has 7 heteroatoms. The van der Waals surface area contributed by atoms with Gasteiger partial charge in [-0.25, -0.2) is 13.2 Å². The molecule has 0 aromatic heterocycles. The van der Waals surface area contributed by atoms with Gasteiger partial charge in [0.1, 0.15) is 0 Å². The van der Waals surface area contributed by atoms with Crippen molar-refractivity contribution >= 4 is 22.4 Å². The third-order valence-electron chi connectivity index (χ3n) is 3.41. The number of carbonyl (C=O) groups is 1. The van der Waals surface area contributed by atoms with Crippen LogP contribution in [0.2, 0.25) is 0 Å². The second kappa shape index (κ2) is 5.57. The fourth-order valence-electron chi connectivity index (χ4n) is 2.32. The summed E-state index contributed by atoms with van der Waals surface area (Å²) < 4.78 is 52.0. The van der Waals surface area contributed by atoms with Gasteiger partial charge in [0.05, 0.1) is 26.9 Å². The van der Waals surface area contributed by atoms with Gasteiger partial charge < -0.3 is 4.90 Å². The molecule has 1 heterocycles. The fraction of sp³-hybridized carbons (Fsp3) is 0.133. The summed E-state index contributed by atoms with van der Waals surface area (Å²) in [6, 6.07) is 8.16. The number of fused-ring (bicyclic) bond motifs is 1. The Morgan fingerprint density at radius 1 is 1.05 bits per heavy atom. The van der Waals surface area contributed by atoms with E-state index in [1.165, 1.54) is 4.90 Å². The SMILES string of the molecule is O=C(c1ccc(F)c(F)c1F)N1CCS(=O)c2ccccc21. The molecule has 0 saturated carbocycles. The van der Waals surface area contributed by atoms with Gasteiger partial charge in [-0.15, -0.1) is 0 Å². The van der Waals surface area contributed by atoms with Crippen molar-refractivity contribution in [1.29, 1.82) is 0 Å². The van der Waals surface area contributed by atoms with Gasteiger partial charge >= 0.3 is 0 Å². The van der Waals surface area contributed by atoms with Crippen LogP contribution in [0, 0.1) is 17.5 Å². The Bertz CT molecular complexity index is 794. The molecule has 114 valence electrons. The maximum absolute atomic E-state index is 13.8. The average Bonchev–Trinajstić information content (AvgIpc) is 2.53. The molecule has 0 bridgehead atoms. The number of halogens is 3. The Morgan fingerprint density at radius 3 is 2.55 bits per heavy atom. The van der Waals surface area contributed by atoms with Crippen LogP contribution in [-0.4, -0.2) is 22.4 Å². The first-order chi connectivity index (χ1) is 10.5. The lowest BCUT2D eigenvalue weighted by Gasteiger charge is -2.29. The molecule has 0 radical (unpaired) electrons. The minimum atomic E-state index is -1.68. The van der Waals surface area contributed by atoms with Crippen LogP contribution >= 0.6 is 0 Å². The van der Waals surface area contributed by atoms with Gasteiger partial charge in [-0.2, -0.15) is 0 Å². The number of anilines is 1. The number of hydrogen-bond donors (Lipinski definition) is 0. The van der Waals surface area contributed by atoms with Crippen molar-refractivity contribution in [2.45, 2.75) is 4.90 Å². The summed E-state index contributed by atoms with van der Waals surface area (Å²) >= 11 is 0. The van der Waals surface area contributed by atoms with Crippen LogP contribution in [0.25, 0.3) is 0 Å². The molecule has 3 rings (SSSR count). The molecule has 0 fully saturated rings. The molecule has 3 nitrogen and oxygen atoms in total. The summed E-state index contributed by atoms with van der Waals surface area (Å²) in [4.78, 5) is 14.1. The van der Waals surface area contributed by atoms with E-state index < -0.39 is 39.7 Å². The van der Waals surface area contributed by atoms with Crippen LogP contribution in [0.5, 0.6) is 0 Å². The molecule has 0 N–H and O–H groups in total. The molecule has 0 spiro atoms. The van der Waals surface area contributed by atoms with Gasteiger partial charge in [0.15, 0.2) is 17.5 Å². The molecule has 2 aromatic rings. The van der Waals surface area contributed by atoms with Crippen molar-refractivity contribution in [2.24, 2.45) is 0 Å². The standard InChI is InChI=1S/C15H10F3NO2S/c16-10-6-5-9(13(17)14(10)18)15(20)19-7-8-22(21)12-4-2-1-3-11(12)19/h1-6H,7-8H2. The van der Waals surface area contributed by atoms with Gasteiger partial charge in [-0.1, -0.05) is 12.1 Å². The topological polar surface area (TPSA) is 37.4 Å². The fourth-order valence-corrected chi connectivity index (χ4v) is 3.53. The quantitative estimate of drug-likeness (QED) is 0.756. The van der Waals surface area contributed by atoms with Crippen LogP contribution in [0.4, 0.5) is 18.9 Å². The Hall–Kier alpha value is -2.15. The number of benzene rings is 2. The van der Waals surface area contributed by atoms with Crippen molar-refractivity contribution < 1.29 is 22.2 Å². The second-order valence-corrected chi connectivity index (χ2v) is 6.24. The average molecular weight is 325 g/mol. The summed E-state index contributed by atoms with van der Waals surface area (Å²) in [6.45, 7) is 0.112. The Labute approximate surface area is 126 Å². The largest absolute Gasteiger partial charge is 0.306 e. The first-order valence-electron chi connectivity index (χ1n) is 6.43. The molecule has 1 aliphatic rings. The molecule has 0 aliphatic carbocycles. The molecular weight excluding hydrogens is 315 g/mol. The van der Waals surface area contributed by atoms with Crippen LogP contribution in [0.15, 0.2) is 41.3 Å². The van der Waals surface area contributed by atoms with Crippen LogP contribution in [-0.2, 0) is 10.8 Å². The lowest BCUT2D eigenvalue weighted by Crippen LogP contribution is -2.38. The monoisotopic (exact) mass is 325 g/mol. The van der Waals surface area contributed by atoms with E-state index in [0.29, 0.717) is 16.6 Å². The summed E-state index contributed by atoms with van der Waals surface area (Å²) in [5.74, 6) is -5.14. The molecular formula is C15H10F3NO2S. The lowest BCUT2D eigenvalue weighted by atomic mass is 10.1. The second-order valence-electron chi connectivity index (χ2n) is 4.70. The Balaban J connectivity index is 2.06. The van der Waals surface area contributed by atoms with Crippen molar-refractivity contribution in [1.82, 2.24) is 0 Å². The molecule has 1 aliphatic heterocycles. The zero-order valence-corrected chi connectivity index (χ0v) is 12.0. The van der Waals surface area contributed by atoms with E-state index in [1.54, 1.807) is 24.3 Å². The smallest absolute Gasteiger partial charge is 0.261 e. The van der Waals surface area contributed by atoms with Crippen LogP contribution in [0.3, 0.4) is 0 Å². The first kappa shape index (κ1) is 14.8. The highest BCUT2D eigenvalue weighted by Gasteiger charge is 2.29. The predicted octanol–water partition coefficient (Wildman–Crippen LogP) is 2.87. The van der Waals surface area contributed by atoms with E-state index in [0.717, 1.165) is 6.07 Å². The first-order valence-corrected chi connectivity index (χ1v) is 7.75. The van der Waals surface area contributed by atoms with E-state index in [4.69, 9.17) is 0 Å². The van der Waals surface area contributed by atoms with Gasteiger partial charge in [-0.3, -0.25) is 9.00 Å². The minimum Gasteiger partial charge on any atom is -0.306 e. The van der Waals surface area contributed by atoms with Crippen molar-refractivity contribution in [2.75, 3.05) is 17.2 Å². The zero-order valence-electron chi connectivity index (χ0n) is 11.2. The van der Waals surface area contributed by atoms with Crippen molar-refractivity contribution in [3.8, 4) is 0 Å². The molecule has 2 aromatic carbocycles. The number of hydrogen-bond acceptors (Lipinski definition) is 2. The normalized spacial score (nSPS) is 17.2. The molecule has 1 amide bonds. The van der Waals surface area contributed by atoms with E-state index in [1.807, 2.05) is 0 Å². The summed E-state index contributed by atoms with van der Waals surface area (Å²) in [5, 5.41) is 0. The van der Waals surface area contributed by atoms with E-state index >= 15 is 0 Å². The lowest BCUT2D eigenvalue weighted by molar-refractivity contribution is 0.0982. The Kier molecular flexibility index (Phi) is 3.74. The molecule has 22 heavy (non-hydrogen) atoms.